The summed E-state index contributed by atoms with van der Waals surface area (Å²) in [7, 11) is 8.03. The molecule has 0 saturated heterocycles. The smallest absolute Gasteiger partial charge is 0.253 e. The molecule has 1 N–H and O–H groups in total. The highest BCUT2D eigenvalue weighted by Gasteiger charge is 2.16. The van der Waals surface area contributed by atoms with E-state index in [-0.39, 0.29) is 5.91 Å². The Bertz CT molecular complexity index is 684. The summed E-state index contributed by atoms with van der Waals surface area (Å²) in [5.74, 6) is 0.762. The van der Waals surface area contributed by atoms with E-state index in [2.05, 4.69) is 5.32 Å². The molecule has 3 rings (SSSR count). The van der Waals surface area contributed by atoms with Crippen molar-refractivity contribution in [2.24, 2.45) is 13.0 Å². The molecule has 2 radical (unpaired) electrons. The number of amides is 1. The Balaban J connectivity index is 1.64. The number of carbonyl (C=O) groups is 1. The fourth-order valence-electron chi connectivity index (χ4n) is 3.78. The molecule has 1 fully saturated rings. The van der Waals surface area contributed by atoms with Crippen LogP contribution in [0.15, 0.2) is 24.4 Å². The lowest BCUT2D eigenvalue weighted by Gasteiger charge is -2.14. The van der Waals surface area contributed by atoms with Crippen molar-refractivity contribution in [2.45, 2.75) is 44.9 Å². The fourth-order valence-corrected chi connectivity index (χ4v) is 3.78. The lowest BCUT2D eigenvalue weighted by Crippen LogP contribution is -2.26. The van der Waals surface area contributed by atoms with Crippen LogP contribution in [0.2, 0.25) is 0 Å². The number of aromatic nitrogens is 1. The van der Waals surface area contributed by atoms with E-state index in [0.717, 1.165) is 29.8 Å². The first kappa shape index (κ1) is 16.2. The van der Waals surface area contributed by atoms with Crippen LogP contribution in [0.3, 0.4) is 0 Å². The minimum atomic E-state index is -0.0119. The molecule has 0 atom stereocenters. The van der Waals surface area contributed by atoms with Gasteiger partial charge in [-0.15, -0.1) is 0 Å². The van der Waals surface area contributed by atoms with Crippen LogP contribution in [0.4, 0.5) is 0 Å². The number of rotatable bonds is 4. The third-order valence-corrected chi connectivity index (χ3v) is 5.10. The summed E-state index contributed by atoms with van der Waals surface area (Å²) in [6, 6.07) is 5.77. The van der Waals surface area contributed by atoms with E-state index in [0.29, 0.717) is 11.0 Å². The van der Waals surface area contributed by atoms with Crippen molar-refractivity contribution in [3.8, 4) is 0 Å². The Morgan fingerprint density at radius 1 is 1.26 bits per heavy atom. The zero-order valence-corrected chi connectivity index (χ0v) is 14.0. The third kappa shape index (κ3) is 3.62. The van der Waals surface area contributed by atoms with Gasteiger partial charge in [0.15, 0.2) is 0 Å². The predicted octanol–water partition coefficient (Wildman–Crippen LogP) is 3.06. The monoisotopic (exact) mass is 308 g/mol. The van der Waals surface area contributed by atoms with Gasteiger partial charge in [0.25, 0.3) is 5.91 Å². The Kier molecular flexibility index (Phi) is 5.09. The van der Waals surface area contributed by atoms with Gasteiger partial charge in [-0.2, -0.15) is 0 Å². The zero-order chi connectivity index (χ0) is 16.2. The maximum absolute atomic E-state index is 12.6. The second-order valence-corrected chi connectivity index (χ2v) is 6.80. The Hall–Kier alpha value is -1.71. The molecule has 1 aliphatic carbocycles. The molecular weight excluding hydrogens is 283 g/mol. The topological polar surface area (TPSA) is 34.0 Å². The number of hydrogen-bond donors (Lipinski definition) is 1. The fraction of sp³-hybridized carbons (Fsp3) is 0.526. The maximum atomic E-state index is 12.6. The number of benzene rings is 1. The quantitative estimate of drug-likeness (QED) is 0.683. The van der Waals surface area contributed by atoms with Crippen molar-refractivity contribution in [3.63, 3.8) is 0 Å². The van der Waals surface area contributed by atoms with Gasteiger partial charge in [-0.3, -0.25) is 4.79 Å². The lowest BCUT2D eigenvalue weighted by molar-refractivity contribution is 0.0952. The number of hydrogen-bond acceptors (Lipinski definition) is 1. The second-order valence-electron chi connectivity index (χ2n) is 6.80. The molecule has 1 aromatic heterocycles. The van der Waals surface area contributed by atoms with E-state index in [1.54, 1.807) is 0 Å². The van der Waals surface area contributed by atoms with E-state index in [1.807, 2.05) is 36.0 Å². The number of nitrogens with one attached hydrogen (secondary N) is 1. The molecule has 0 unspecified atom stereocenters. The summed E-state index contributed by atoms with van der Waals surface area (Å²) >= 11 is 0. The van der Waals surface area contributed by atoms with Crippen molar-refractivity contribution >= 4 is 30.1 Å². The first-order valence-electron chi connectivity index (χ1n) is 8.78. The van der Waals surface area contributed by atoms with Gasteiger partial charge in [0.1, 0.15) is 7.85 Å². The second kappa shape index (κ2) is 7.24. The molecule has 23 heavy (non-hydrogen) atoms. The molecular formula is C19H25BN2O. The van der Waals surface area contributed by atoms with Crippen molar-refractivity contribution < 1.29 is 4.79 Å². The van der Waals surface area contributed by atoms with Crippen LogP contribution in [-0.2, 0) is 7.05 Å². The van der Waals surface area contributed by atoms with Gasteiger partial charge in [0, 0.05) is 30.7 Å². The minimum Gasteiger partial charge on any atom is -0.352 e. The van der Waals surface area contributed by atoms with Crippen LogP contribution in [0.5, 0.6) is 0 Å². The van der Waals surface area contributed by atoms with E-state index >= 15 is 0 Å². The van der Waals surface area contributed by atoms with E-state index in [1.165, 1.54) is 38.5 Å². The van der Waals surface area contributed by atoms with Crippen LogP contribution >= 0.6 is 0 Å². The molecule has 1 aliphatic rings. The summed E-state index contributed by atoms with van der Waals surface area (Å²) in [5, 5.41) is 3.95. The van der Waals surface area contributed by atoms with Gasteiger partial charge < -0.3 is 9.88 Å². The number of aryl methyl sites for hydroxylation is 1. The Morgan fingerprint density at radius 2 is 2.00 bits per heavy atom. The first-order valence-corrected chi connectivity index (χ1v) is 8.78. The molecule has 1 aromatic carbocycles. The molecule has 0 spiro atoms. The number of nitrogens with zero attached hydrogens (tertiary/aromatic N) is 1. The number of fused-ring (bicyclic) bond motifs is 1. The summed E-state index contributed by atoms with van der Waals surface area (Å²) in [4.78, 5) is 12.6. The highest BCUT2D eigenvalue weighted by molar-refractivity contribution is 6.40. The molecule has 120 valence electrons. The van der Waals surface area contributed by atoms with Gasteiger partial charge in [-0.1, -0.05) is 56.1 Å². The van der Waals surface area contributed by atoms with Crippen LogP contribution in [0.1, 0.15) is 55.3 Å². The molecule has 3 nitrogen and oxygen atoms in total. The third-order valence-electron chi connectivity index (χ3n) is 5.10. The maximum Gasteiger partial charge on any atom is 0.253 e. The normalized spacial score (nSPS) is 16.4. The molecule has 4 heteroatoms. The van der Waals surface area contributed by atoms with Crippen LogP contribution in [0.25, 0.3) is 10.9 Å². The summed E-state index contributed by atoms with van der Waals surface area (Å²) in [6.07, 6.45) is 11.0. The van der Waals surface area contributed by atoms with Gasteiger partial charge >= 0.3 is 0 Å². The van der Waals surface area contributed by atoms with E-state index in [4.69, 9.17) is 7.85 Å². The van der Waals surface area contributed by atoms with E-state index < -0.39 is 0 Å². The largest absolute Gasteiger partial charge is 0.352 e. The molecule has 0 aliphatic heterocycles. The van der Waals surface area contributed by atoms with Gasteiger partial charge in [0.2, 0.25) is 0 Å². The predicted molar refractivity (Wildman–Crippen MR) is 96.4 cm³/mol. The van der Waals surface area contributed by atoms with Gasteiger partial charge in [-0.05, 0) is 18.4 Å². The molecule has 1 heterocycles. The lowest BCUT2D eigenvalue weighted by atomic mass is 9.90. The molecule has 2 aromatic rings. The highest BCUT2D eigenvalue weighted by atomic mass is 16.1. The van der Waals surface area contributed by atoms with Crippen LogP contribution in [0, 0.1) is 5.92 Å². The van der Waals surface area contributed by atoms with Gasteiger partial charge in [-0.25, -0.2) is 0 Å². The standard InChI is InChI=1S/C19H25BN2O/c1-22-13-15(18-16(20)9-6-10-17(18)22)19(23)21-12-11-14-7-4-2-3-5-8-14/h6,9-10,13-14H,2-5,7-8,11-12H2,1H3,(H,21,23). The molecule has 1 amide bonds. The SMILES string of the molecule is [B]c1cccc2c1c(C(=O)NCCC1CCCCCC1)cn2C. The summed E-state index contributed by atoms with van der Waals surface area (Å²) < 4.78 is 1.96. The number of carbonyl (C=O) groups excluding carboxylic acids is 1. The van der Waals surface area contributed by atoms with Gasteiger partial charge in [0.05, 0.1) is 5.56 Å². The van der Waals surface area contributed by atoms with Crippen molar-refractivity contribution in [2.75, 3.05) is 6.54 Å². The minimum absolute atomic E-state index is 0.0119. The van der Waals surface area contributed by atoms with E-state index in [9.17, 15) is 4.79 Å². The Labute approximate surface area is 139 Å². The summed E-state index contributed by atoms with van der Waals surface area (Å²) in [5.41, 5.74) is 2.34. The molecule has 1 saturated carbocycles. The molecule has 0 bridgehead atoms. The average Bonchev–Trinajstić information content (AvgIpc) is 2.72. The van der Waals surface area contributed by atoms with Crippen molar-refractivity contribution in [1.82, 2.24) is 9.88 Å². The average molecular weight is 308 g/mol. The van der Waals surface area contributed by atoms with Crippen molar-refractivity contribution in [3.05, 3.63) is 30.0 Å². The van der Waals surface area contributed by atoms with Crippen LogP contribution < -0.4 is 10.8 Å². The zero-order valence-electron chi connectivity index (χ0n) is 14.0. The highest BCUT2D eigenvalue weighted by Crippen LogP contribution is 2.25. The Morgan fingerprint density at radius 3 is 2.74 bits per heavy atom. The first-order chi connectivity index (χ1) is 11.2. The van der Waals surface area contributed by atoms with Crippen LogP contribution in [-0.4, -0.2) is 24.9 Å². The summed E-state index contributed by atoms with van der Waals surface area (Å²) in [6.45, 7) is 0.757. The van der Waals surface area contributed by atoms with Crippen molar-refractivity contribution in [1.29, 1.82) is 0 Å².